The largest absolute Gasteiger partial charge is 0.496 e. The number of nitrogens with zero attached hydrogens (tertiary/aromatic N) is 4. The highest BCUT2D eigenvalue weighted by Gasteiger charge is 2.31. The van der Waals surface area contributed by atoms with Crippen LogP contribution in [0.5, 0.6) is 5.75 Å². The molecule has 1 saturated heterocycles. The fourth-order valence-corrected chi connectivity index (χ4v) is 3.83. The Balaban J connectivity index is 1.71. The van der Waals surface area contributed by atoms with E-state index in [0.717, 1.165) is 31.6 Å². The Hall–Kier alpha value is -3.12. The summed E-state index contributed by atoms with van der Waals surface area (Å²) in [6.45, 7) is 1.92. The number of piperidine rings is 1. The average Bonchev–Trinajstić information content (AvgIpc) is 3.25. The van der Waals surface area contributed by atoms with E-state index in [1.165, 1.54) is 0 Å². The molecule has 2 aromatic carbocycles. The number of carbonyl (C=O) groups excluding carboxylic acids is 1. The Morgan fingerprint density at radius 2 is 1.72 bits per heavy atom. The topological polar surface area (TPSA) is 50.6 Å². The molecule has 1 aliphatic heterocycles. The van der Waals surface area contributed by atoms with Crippen LogP contribution in [0.4, 0.5) is 5.82 Å². The smallest absolute Gasteiger partial charge is 0.263 e. The van der Waals surface area contributed by atoms with Gasteiger partial charge in [0.1, 0.15) is 5.75 Å². The lowest BCUT2D eigenvalue weighted by atomic mass is 10.0. The van der Waals surface area contributed by atoms with Crippen molar-refractivity contribution in [3.8, 4) is 11.4 Å². The fraction of sp³-hybridized carbons (Fsp3) is 0.304. The van der Waals surface area contributed by atoms with Crippen LogP contribution in [0.3, 0.4) is 0 Å². The molecule has 6 nitrogen and oxygen atoms in total. The van der Waals surface area contributed by atoms with Crippen molar-refractivity contribution >= 4 is 11.7 Å². The van der Waals surface area contributed by atoms with E-state index in [2.05, 4.69) is 11.9 Å². The van der Waals surface area contributed by atoms with Crippen molar-refractivity contribution in [3.05, 3.63) is 72.4 Å². The van der Waals surface area contributed by atoms with Gasteiger partial charge >= 0.3 is 0 Å². The second-order valence-electron chi connectivity index (χ2n) is 7.36. The number of rotatable bonds is 5. The third-order valence-corrected chi connectivity index (χ3v) is 5.45. The molecule has 0 aliphatic carbocycles. The van der Waals surface area contributed by atoms with E-state index >= 15 is 0 Å². The first-order valence-corrected chi connectivity index (χ1v) is 9.93. The number of hydrogen-bond donors (Lipinski definition) is 0. The first-order valence-electron chi connectivity index (χ1n) is 9.93. The zero-order valence-electron chi connectivity index (χ0n) is 16.9. The van der Waals surface area contributed by atoms with Crippen LogP contribution in [0.2, 0.25) is 0 Å². The summed E-state index contributed by atoms with van der Waals surface area (Å²) in [6.07, 6.45) is 3.73. The molecule has 150 valence electrons. The number of benzene rings is 2. The highest BCUT2D eigenvalue weighted by molar-refractivity contribution is 6.07. The molecule has 1 fully saturated rings. The predicted octanol–water partition coefficient (Wildman–Crippen LogP) is 3.62. The summed E-state index contributed by atoms with van der Waals surface area (Å²) in [5.41, 5.74) is 1.52. The number of para-hydroxylation sites is 2. The number of hydrogen-bond acceptors (Lipinski definition) is 4. The van der Waals surface area contributed by atoms with Crippen LogP contribution in [-0.4, -0.2) is 53.9 Å². The second-order valence-corrected chi connectivity index (χ2v) is 7.36. The minimum Gasteiger partial charge on any atom is -0.496 e. The fourth-order valence-electron chi connectivity index (χ4n) is 3.83. The molecule has 6 heteroatoms. The van der Waals surface area contributed by atoms with E-state index in [-0.39, 0.29) is 11.9 Å². The van der Waals surface area contributed by atoms with Crippen molar-refractivity contribution in [2.45, 2.75) is 18.9 Å². The summed E-state index contributed by atoms with van der Waals surface area (Å²) in [6, 6.07) is 19.3. The van der Waals surface area contributed by atoms with E-state index in [9.17, 15) is 4.79 Å². The molecule has 2 heterocycles. The number of amides is 1. The van der Waals surface area contributed by atoms with Crippen LogP contribution < -0.4 is 9.64 Å². The Labute approximate surface area is 171 Å². The van der Waals surface area contributed by atoms with E-state index in [1.54, 1.807) is 7.11 Å². The molecule has 0 bridgehead atoms. The van der Waals surface area contributed by atoms with Gasteiger partial charge in [-0.25, -0.2) is 4.68 Å². The van der Waals surface area contributed by atoms with Gasteiger partial charge in [0.05, 0.1) is 18.4 Å². The Morgan fingerprint density at radius 1 is 1.03 bits per heavy atom. The molecule has 29 heavy (non-hydrogen) atoms. The Bertz CT molecular complexity index is 962. The summed E-state index contributed by atoms with van der Waals surface area (Å²) in [5, 5.41) is 4.74. The minimum atomic E-state index is -0.0738. The number of ether oxygens (including phenoxy) is 1. The standard InChI is InChI=1S/C23H26N4O2/c1-25-15-12-19(13-16-25)27(23(28)20-10-6-7-11-21(20)29-2)22-14-17-26(24-22)18-8-4-3-5-9-18/h3-11,14,17,19H,12-13,15-16H2,1-2H3. The Morgan fingerprint density at radius 3 is 2.45 bits per heavy atom. The third-order valence-electron chi connectivity index (χ3n) is 5.45. The van der Waals surface area contributed by atoms with Crippen LogP contribution in [0.25, 0.3) is 5.69 Å². The number of aromatic nitrogens is 2. The van der Waals surface area contributed by atoms with Crippen molar-refractivity contribution in [2.24, 2.45) is 0 Å². The molecule has 0 spiro atoms. The van der Waals surface area contributed by atoms with Gasteiger partial charge in [0, 0.05) is 18.3 Å². The molecule has 0 unspecified atom stereocenters. The van der Waals surface area contributed by atoms with E-state index in [0.29, 0.717) is 17.1 Å². The minimum absolute atomic E-state index is 0.0738. The molecule has 3 aromatic rings. The number of likely N-dealkylation sites (tertiary alicyclic amines) is 1. The van der Waals surface area contributed by atoms with Crippen LogP contribution in [0, 0.1) is 0 Å². The van der Waals surface area contributed by atoms with Crippen LogP contribution >= 0.6 is 0 Å². The van der Waals surface area contributed by atoms with Crippen LogP contribution in [0.15, 0.2) is 66.9 Å². The lowest BCUT2D eigenvalue weighted by Crippen LogP contribution is -2.47. The third kappa shape index (κ3) is 4.03. The highest BCUT2D eigenvalue weighted by Crippen LogP contribution is 2.28. The first-order chi connectivity index (χ1) is 14.2. The van der Waals surface area contributed by atoms with Gasteiger partial charge in [0.2, 0.25) is 0 Å². The van der Waals surface area contributed by atoms with Crippen LogP contribution in [0.1, 0.15) is 23.2 Å². The van der Waals surface area contributed by atoms with Gasteiger partial charge in [0.25, 0.3) is 5.91 Å². The lowest BCUT2D eigenvalue weighted by molar-refractivity contribution is 0.0959. The van der Waals surface area contributed by atoms with Gasteiger partial charge < -0.3 is 9.64 Å². The van der Waals surface area contributed by atoms with Gasteiger partial charge in [-0.15, -0.1) is 5.10 Å². The summed E-state index contributed by atoms with van der Waals surface area (Å²) in [4.78, 5) is 17.8. The first kappa shape index (κ1) is 19.2. The van der Waals surface area contributed by atoms with Gasteiger partial charge in [-0.1, -0.05) is 30.3 Å². The molecular formula is C23H26N4O2. The number of carbonyl (C=O) groups is 1. The maximum atomic E-state index is 13.6. The van der Waals surface area contributed by atoms with Crippen molar-refractivity contribution in [3.63, 3.8) is 0 Å². The molecule has 1 aliphatic rings. The second kappa shape index (κ2) is 8.49. The van der Waals surface area contributed by atoms with Crippen molar-refractivity contribution in [2.75, 3.05) is 32.1 Å². The number of anilines is 1. The molecule has 1 aromatic heterocycles. The van der Waals surface area contributed by atoms with Crippen molar-refractivity contribution in [1.29, 1.82) is 0 Å². The summed E-state index contributed by atoms with van der Waals surface area (Å²) in [5.74, 6) is 1.17. The van der Waals surface area contributed by atoms with Gasteiger partial charge in [-0.2, -0.15) is 0 Å². The zero-order chi connectivity index (χ0) is 20.2. The zero-order valence-corrected chi connectivity index (χ0v) is 16.9. The molecule has 0 radical (unpaired) electrons. The number of methoxy groups -OCH3 is 1. The van der Waals surface area contributed by atoms with Crippen molar-refractivity contribution < 1.29 is 9.53 Å². The maximum Gasteiger partial charge on any atom is 0.263 e. The highest BCUT2D eigenvalue weighted by atomic mass is 16.5. The SMILES string of the molecule is COc1ccccc1C(=O)N(c1ccn(-c2ccccc2)n1)C1CCN(C)CC1. The van der Waals surface area contributed by atoms with Crippen LogP contribution in [-0.2, 0) is 0 Å². The van der Waals surface area contributed by atoms with E-state index < -0.39 is 0 Å². The summed E-state index contributed by atoms with van der Waals surface area (Å²) < 4.78 is 7.26. The van der Waals surface area contributed by atoms with Gasteiger partial charge in [-0.05, 0) is 57.2 Å². The van der Waals surface area contributed by atoms with Gasteiger partial charge in [-0.3, -0.25) is 9.69 Å². The monoisotopic (exact) mass is 390 g/mol. The normalized spacial score (nSPS) is 15.2. The van der Waals surface area contributed by atoms with E-state index in [1.807, 2.05) is 76.4 Å². The summed E-state index contributed by atoms with van der Waals surface area (Å²) >= 11 is 0. The molecule has 0 N–H and O–H groups in total. The predicted molar refractivity (Wildman–Crippen MR) is 114 cm³/mol. The maximum absolute atomic E-state index is 13.6. The lowest BCUT2D eigenvalue weighted by Gasteiger charge is -2.36. The Kier molecular flexibility index (Phi) is 5.62. The summed E-state index contributed by atoms with van der Waals surface area (Å²) in [7, 11) is 3.71. The van der Waals surface area contributed by atoms with Crippen molar-refractivity contribution in [1.82, 2.24) is 14.7 Å². The average molecular weight is 390 g/mol. The molecular weight excluding hydrogens is 364 g/mol. The molecule has 0 saturated carbocycles. The quantitative estimate of drug-likeness (QED) is 0.668. The molecule has 0 atom stereocenters. The molecule has 4 rings (SSSR count). The molecule has 1 amide bonds. The van der Waals surface area contributed by atoms with Gasteiger partial charge in [0.15, 0.2) is 5.82 Å². The van der Waals surface area contributed by atoms with E-state index in [4.69, 9.17) is 9.84 Å².